The molecule has 0 fully saturated rings. The SMILES string of the molecule is Cc1nc(Br)c2c(n1)oc(=O)n2C. The van der Waals surface area contributed by atoms with E-state index in [1.807, 2.05) is 0 Å². The van der Waals surface area contributed by atoms with Gasteiger partial charge in [0.2, 0.25) is 0 Å². The summed E-state index contributed by atoms with van der Waals surface area (Å²) in [5.74, 6) is 0.129. The molecule has 68 valence electrons. The number of halogens is 1. The second-order valence-electron chi connectivity index (χ2n) is 2.64. The van der Waals surface area contributed by atoms with Gasteiger partial charge < -0.3 is 4.42 Å². The van der Waals surface area contributed by atoms with Crippen LogP contribution in [0.15, 0.2) is 13.8 Å². The Morgan fingerprint density at radius 2 is 2.15 bits per heavy atom. The largest absolute Gasteiger partial charge is 0.421 e. The fourth-order valence-electron chi connectivity index (χ4n) is 1.10. The summed E-state index contributed by atoms with van der Waals surface area (Å²) in [5.41, 5.74) is 0.891. The number of oxazole rings is 1. The molecule has 5 nitrogen and oxygen atoms in total. The van der Waals surface area contributed by atoms with E-state index in [0.717, 1.165) is 0 Å². The number of aromatic nitrogens is 3. The van der Waals surface area contributed by atoms with Gasteiger partial charge >= 0.3 is 5.76 Å². The van der Waals surface area contributed by atoms with Gasteiger partial charge in [-0.2, -0.15) is 4.98 Å². The lowest BCUT2D eigenvalue weighted by Crippen LogP contribution is -2.08. The number of hydrogen-bond acceptors (Lipinski definition) is 4. The summed E-state index contributed by atoms with van der Waals surface area (Å²) in [6.45, 7) is 1.73. The molecule has 13 heavy (non-hydrogen) atoms. The zero-order valence-electron chi connectivity index (χ0n) is 7.04. The summed E-state index contributed by atoms with van der Waals surface area (Å²) in [6, 6.07) is 0. The van der Waals surface area contributed by atoms with Crippen molar-refractivity contribution in [3.8, 4) is 0 Å². The Hall–Kier alpha value is -1.17. The van der Waals surface area contributed by atoms with E-state index in [2.05, 4.69) is 25.9 Å². The van der Waals surface area contributed by atoms with Gasteiger partial charge in [0, 0.05) is 7.05 Å². The molecule has 0 bridgehead atoms. The normalized spacial score (nSPS) is 11.0. The smallest absolute Gasteiger partial charge is 0.388 e. The highest BCUT2D eigenvalue weighted by molar-refractivity contribution is 9.10. The van der Waals surface area contributed by atoms with Gasteiger partial charge in [0.25, 0.3) is 5.71 Å². The molecule has 2 aromatic heterocycles. The second kappa shape index (κ2) is 2.66. The topological polar surface area (TPSA) is 60.9 Å². The fraction of sp³-hybridized carbons (Fsp3) is 0.286. The highest BCUT2D eigenvalue weighted by atomic mass is 79.9. The van der Waals surface area contributed by atoms with Crippen LogP contribution in [0, 0.1) is 6.92 Å². The van der Waals surface area contributed by atoms with Crippen LogP contribution in [-0.2, 0) is 7.05 Å². The first kappa shape index (κ1) is 8.43. The fourth-order valence-corrected chi connectivity index (χ4v) is 1.80. The predicted octanol–water partition coefficient (Wildman–Crippen LogP) is 0.992. The number of nitrogens with zero attached hydrogens (tertiary/aromatic N) is 3. The predicted molar refractivity (Wildman–Crippen MR) is 49.5 cm³/mol. The molecule has 0 aliphatic rings. The molecule has 2 heterocycles. The van der Waals surface area contributed by atoms with Crippen molar-refractivity contribution >= 4 is 27.2 Å². The first-order valence-electron chi connectivity index (χ1n) is 3.59. The average molecular weight is 244 g/mol. The third-order valence-corrected chi connectivity index (χ3v) is 2.27. The molecule has 0 aliphatic carbocycles. The molecule has 0 aliphatic heterocycles. The highest BCUT2D eigenvalue weighted by Gasteiger charge is 2.11. The first-order valence-corrected chi connectivity index (χ1v) is 4.38. The first-order chi connectivity index (χ1) is 6.09. The van der Waals surface area contributed by atoms with E-state index in [-0.39, 0.29) is 0 Å². The number of hydrogen-bond donors (Lipinski definition) is 0. The van der Waals surface area contributed by atoms with Crippen LogP contribution in [0.25, 0.3) is 11.2 Å². The molecule has 0 atom stereocenters. The van der Waals surface area contributed by atoms with Crippen LogP contribution >= 0.6 is 15.9 Å². The molecular formula is C7H6BrN3O2. The van der Waals surface area contributed by atoms with Crippen molar-refractivity contribution in [1.29, 1.82) is 0 Å². The van der Waals surface area contributed by atoms with Crippen LogP contribution in [0.4, 0.5) is 0 Å². The Bertz CT molecular complexity index is 528. The molecule has 6 heteroatoms. The molecule has 0 spiro atoms. The van der Waals surface area contributed by atoms with Gasteiger partial charge in [-0.3, -0.25) is 4.57 Å². The van der Waals surface area contributed by atoms with Gasteiger partial charge in [-0.25, -0.2) is 9.78 Å². The van der Waals surface area contributed by atoms with Crippen molar-refractivity contribution < 1.29 is 4.42 Å². The lowest BCUT2D eigenvalue weighted by molar-refractivity contribution is 0.519. The minimum atomic E-state index is -0.435. The Morgan fingerprint density at radius 1 is 1.46 bits per heavy atom. The average Bonchev–Trinajstić information content (AvgIpc) is 2.27. The molecule has 0 amide bonds. The zero-order chi connectivity index (χ0) is 9.59. The van der Waals surface area contributed by atoms with E-state index in [1.165, 1.54) is 4.57 Å². The summed E-state index contributed by atoms with van der Waals surface area (Å²) in [4.78, 5) is 19.2. The summed E-state index contributed by atoms with van der Waals surface area (Å²) in [5, 5.41) is 0. The van der Waals surface area contributed by atoms with Crippen LogP contribution in [0.5, 0.6) is 0 Å². The molecule has 0 unspecified atom stereocenters. The van der Waals surface area contributed by atoms with Crippen LogP contribution in [0.3, 0.4) is 0 Å². The monoisotopic (exact) mass is 243 g/mol. The molecule has 0 saturated carbocycles. The quantitative estimate of drug-likeness (QED) is 0.648. The third kappa shape index (κ3) is 1.17. The molecule has 2 rings (SSSR count). The van der Waals surface area contributed by atoms with Crippen molar-refractivity contribution in [2.24, 2.45) is 7.05 Å². The van der Waals surface area contributed by atoms with Gasteiger partial charge in [-0.1, -0.05) is 0 Å². The van der Waals surface area contributed by atoms with Crippen molar-refractivity contribution in [2.75, 3.05) is 0 Å². The van der Waals surface area contributed by atoms with Crippen molar-refractivity contribution in [2.45, 2.75) is 6.92 Å². The van der Waals surface area contributed by atoms with Crippen LogP contribution < -0.4 is 5.76 Å². The Morgan fingerprint density at radius 3 is 2.85 bits per heavy atom. The van der Waals surface area contributed by atoms with Gasteiger partial charge in [0.15, 0.2) is 0 Å². The number of fused-ring (bicyclic) bond motifs is 1. The lowest BCUT2D eigenvalue weighted by atomic mass is 10.5. The van der Waals surface area contributed by atoms with E-state index in [4.69, 9.17) is 4.42 Å². The minimum absolute atomic E-state index is 0.312. The molecular weight excluding hydrogens is 238 g/mol. The minimum Gasteiger partial charge on any atom is -0.388 e. The summed E-state index contributed by atoms with van der Waals surface area (Å²) in [7, 11) is 1.61. The molecule has 0 saturated heterocycles. The lowest BCUT2D eigenvalue weighted by Gasteiger charge is -1.95. The van der Waals surface area contributed by atoms with Gasteiger partial charge in [0.1, 0.15) is 15.9 Å². The molecule has 2 aromatic rings. The standard InChI is InChI=1S/C7H6BrN3O2/c1-3-9-5(8)4-6(10-3)13-7(12)11(4)2/h1-2H3. The van der Waals surface area contributed by atoms with Gasteiger partial charge in [0.05, 0.1) is 0 Å². The maximum atomic E-state index is 11.1. The zero-order valence-corrected chi connectivity index (χ0v) is 8.62. The van der Waals surface area contributed by atoms with E-state index in [9.17, 15) is 4.79 Å². The van der Waals surface area contributed by atoms with Gasteiger partial charge in [-0.15, -0.1) is 0 Å². The highest BCUT2D eigenvalue weighted by Crippen LogP contribution is 2.18. The molecule has 0 aromatic carbocycles. The van der Waals surface area contributed by atoms with E-state index in [0.29, 0.717) is 21.7 Å². The van der Waals surface area contributed by atoms with Crippen molar-refractivity contribution in [3.63, 3.8) is 0 Å². The second-order valence-corrected chi connectivity index (χ2v) is 3.39. The Kier molecular flexibility index (Phi) is 1.73. The maximum absolute atomic E-state index is 11.1. The van der Waals surface area contributed by atoms with Crippen LogP contribution in [0.1, 0.15) is 5.82 Å². The van der Waals surface area contributed by atoms with E-state index >= 15 is 0 Å². The van der Waals surface area contributed by atoms with E-state index in [1.54, 1.807) is 14.0 Å². The van der Waals surface area contributed by atoms with E-state index < -0.39 is 5.76 Å². The summed E-state index contributed by atoms with van der Waals surface area (Å²) < 4.78 is 6.82. The summed E-state index contributed by atoms with van der Waals surface area (Å²) in [6.07, 6.45) is 0. The maximum Gasteiger partial charge on any atom is 0.421 e. The number of aryl methyl sites for hydroxylation is 2. The molecule has 0 radical (unpaired) electrons. The van der Waals surface area contributed by atoms with Crippen molar-refractivity contribution in [1.82, 2.24) is 14.5 Å². The number of rotatable bonds is 0. The van der Waals surface area contributed by atoms with Crippen molar-refractivity contribution in [3.05, 3.63) is 21.0 Å². The Balaban J connectivity index is 3.03. The Labute approximate surface area is 81.5 Å². The summed E-state index contributed by atoms with van der Waals surface area (Å²) >= 11 is 3.24. The molecule has 0 N–H and O–H groups in total. The van der Waals surface area contributed by atoms with Crippen LogP contribution in [0.2, 0.25) is 0 Å². The third-order valence-electron chi connectivity index (χ3n) is 1.71. The van der Waals surface area contributed by atoms with Gasteiger partial charge in [-0.05, 0) is 22.9 Å². The van der Waals surface area contributed by atoms with Crippen LogP contribution in [-0.4, -0.2) is 14.5 Å².